The van der Waals surface area contributed by atoms with Crippen molar-refractivity contribution in [2.75, 3.05) is 85.3 Å². The highest BCUT2D eigenvalue weighted by molar-refractivity contribution is 6.32. The molecule has 0 aliphatic carbocycles. The van der Waals surface area contributed by atoms with E-state index in [1.807, 2.05) is 0 Å². The molecule has 9 amide bonds. The smallest absolute Gasteiger partial charge is 0.248 e. The second-order valence-electron chi connectivity index (χ2n) is 36.9. The monoisotopic (exact) mass is 2090 g/mol. The normalized spacial score (nSPS) is 27.2. The lowest BCUT2D eigenvalue weighted by molar-refractivity contribution is -0.284. The van der Waals surface area contributed by atoms with Crippen molar-refractivity contribution in [1.82, 2.24) is 69.1 Å². The number of phenolic OH excluding ortho intramolecular Hbond substituents is 4. The van der Waals surface area contributed by atoms with Crippen LogP contribution in [0, 0.1) is 5.92 Å². The van der Waals surface area contributed by atoms with Crippen LogP contribution in [0.1, 0.15) is 135 Å². The summed E-state index contributed by atoms with van der Waals surface area (Å²) in [5, 5.41) is 198. The van der Waals surface area contributed by atoms with E-state index < -0.39 is 304 Å². The predicted octanol–water partition coefficient (Wildman–Crippen LogP) is -1.63. The Kier molecular flexibility index (Phi) is 37.7. The quantitative estimate of drug-likeness (QED) is 0.0205. The van der Waals surface area contributed by atoms with Gasteiger partial charge in [-0.25, -0.2) is 0 Å². The lowest BCUT2D eigenvalue weighted by atomic mass is 9.89. The summed E-state index contributed by atoms with van der Waals surface area (Å²) in [6.07, 6.45) is -25.8. The highest BCUT2D eigenvalue weighted by atomic mass is 35.5. The minimum absolute atomic E-state index is 0.00964. The van der Waals surface area contributed by atoms with Gasteiger partial charge in [0.25, 0.3) is 0 Å². The zero-order chi connectivity index (χ0) is 105. The first-order valence-corrected chi connectivity index (χ1v) is 48.8. The number of ether oxygens (including phenoxy) is 9. The number of benzene rings is 7. The van der Waals surface area contributed by atoms with Gasteiger partial charge >= 0.3 is 0 Å². The number of aliphatic hydroxyl groups excluding tert-OH is 10. The molecule has 796 valence electrons. The molecule has 0 spiro atoms. The van der Waals surface area contributed by atoms with Gasteiger partial charge in [-0.3, -0.25) is 43.2 Å². The van der Waals surface area contributed by atoms with Crippen molar-refractivity contribution >= 4 is 76.4 Å². The van der Waals surface area contributed by atoms with Crippen LogP contribution in [-0.4, -0.2) is 314 Å². The Morgan fingerprint density at radius 1 is 0.476 bits per heavy atom. The minimum Gasteiger partial charge on any atom is -0.508 e. The molecule has 0 saturated carbocycles. The van der Waals surface area contributed by atoms with E-state index in [4.69, 9.17) is 77.3 Å². The molecule has 3 saturated heterocycles. The number of hydrogen-bond acceptors (Lipinski definition) is 38. The van der Waals surface area contributed by atoms with Gasteiger partial charge in [-0.05, 0) is 130 Å². The van der Waals surface area contributed by atoms with Gasteiger partial charge in [0.1, 0.15) is 162 Å². The molecule has 3 fully saturated rings. The lowest BCUT2D eigenvalue weighted by Crippen LogP contribution is -2.65. The predicted molar refractivity (Wildman–Crippen MR) is 519 cm³/mol. The Morgan fingerprint density at radius 3 is 1.63 bits per heavy atom. The van der Waals surface area contributed by atoms with Crippen molar-refractivity contribution in [3.05, 3.63) is 164 Å². The van der Waals surface area contributed by atoms with Gasteiger partial charge in [0.05, 0.1) is 29.9 Å². The van der Waals surface area contributed by atoms with Crippen molar-refractivity contribution in [2.45, 2.75) is 206 Å². The second kappa shape index (κ2) is 50.2. The molecule has 147 heavy (non-hydrogen) atoms. The second-order valence-corrected chi connectivity index (χ2v) is 37.7. The Hall–Kier alpha value is -12.2. The molecule has 49 heteroatoms. The molecule has 9 aliphatic heterocycles. The Labute approximate surface area is 851 Å². The summed E-state index contributed by atoms with van der Waals surface area (Å²) in [5.41, 5.74) is 8.94. The molecule has 23 atom stereocenters. The maximum Gasteiger partial charge on any atom is 0.248 e. The van der Waals surface area contributed by atoms with Crippen molar-refractivity contribution in [1.29, 1.82) is 0 Å². The summed E-state index contributed by atoms with van der Waals surface area (Å²) < 4.78 is 58.5. The average Bonchev–Trinajstić information content (AvgIpc) is 0.821. The van der Waals surface area contributed by atoms with Gasteiger partial charge in [-0.15, -0.1) is 0 Å². The van der Waals surface area contributed by atoms with E-state index in [0.717, 1.165) is 111 Å². The maximum absolute atomic E-state index is 17.3. The fourth-order valence-corrected chi connectivity index (χ4v) is 18.5. The first kappa shape index (κ1) is 110. The zero-order valence-corrected chi connectivity index (χ0v) is 81.5. The minimum atomic E-state index is -2.54. The molecular formula is C98H123Cl2N15O32. The van der Waals surface area contributed by atoms with Crippen LogP contribution in [0.2, 0.25) is 10.0 Å². The Morgan fingerprint density at radius 2 is 1.01 bits per heavy atom. The molecule has 47 nitrogen and oxygen atoms in total. The number of rotatable bonds is 33. The molecule has 7 aromatic rings. The number of aromatic hydroxyl groups is 4. The van der Waals surface area contributed by atoms with Gasteiger partial charge < -0.3 is 195 Å². The van der Waals surface area contributed by atoms with Crippen LogP contribution in [0.4, 0.5) is 0 Å². The van der Waals surface area contributed by atoms with Crippen LogP contribution in [0.3, 0.4) is 0 Å². The third-order valence-electron chi connectivity index (χ3n) is 25.8. The van der Waals surface area contributed by atoms with Gasteiger partial charge in [-0.2, -0.15) is 0 Å². The van der Waals surface area contributed by atoms with E-state index in [2.05, 4.69) is 83.0 Å². The topological polar surface area (TPSA) is 728 Å². The Balaban J connectivity index is 1.01. The van der Waals surface area contributed by atoms with Crippen LogP contribution in [0.5, 0.6) is 69.0 Å². The van der Waals surface area contributed by atoms with Crippen LogP contribution in [-0.2, 0) is 68.5 Å². The number of unbranched alkanes of at least 4 members (excludes halogenated alkanes) is 3. The molecule has 9 aliphatic rings. The zero-order valence-electron chi connectivity index (χ0n) is 80.0. The van der Waals surface area contributed by atoms with Crippen molar-refractivity contribution in [2.24, 2.45) is 17.4 Å². The summed E-state index contributed by atoms with van der Waals surface area (Å²) in [6, 6.07) is 1.79. The largest absolute Gasteiger partial charge is 0.508 e. The highest BCUT2D eigenvalue weighted by Gasteiger charge is 2.53. The number of carbonyl (C=O) groups excluding carboxylic acids is 9. The molecule has 7 aromatic carbocycles. The van der Waals surface area contributed by atoms with Gasteiger partial charge in [0.2, 0.25) is 71.5 Å². The van der Waals surface area contributed by atoms with Crippen molar-refractivity contribution in [3.63, 3.8) is 0 Å². The van der Waals surface area contributed by atoms with Crippen molar-refractivity contribution in [3.8, 4) is 80.1 Å². The molecule has 16 rings (SSSR count). The molecular weight excluding hydrogens is 1970 g/mol. The van der Waals surface area contributed by atoms with Crippen LogP contribution in [0.15, 0.2) is 115 Å². The summed E-state index contributed by atoms with van der Waals surface area (Å²) in [6.45, 7) is 6.17. The highest BCUT2D eigenvalue weighted by Crippen LogP contribution is 2.51. The summed E-state index contributed by atoms with van der Waals surface area (Å²) in [7, 11) is 0. The maximum atomic E-state index is 17.3. The van der Waals surface area contributed by atoms with E-state index in [9.17, 15) is 85.9 Å². The van der Waals surface area contributed by atoms with E-state index in [0.29, 0.717) is 71.1 Å². The number of carbonyl (C=O) groups is 9. The number of fused-ring (bicyclic) bond motifs is 14. The molecule has 31 N–H and O–H groups in total. The fourth-order valence-electron chi connectivity index (χ4n) is 18.0. The van der Waals surface area contributed by atoms with Crippen LogP contribution < -0.4 is 104 Å². The first-order valence-electron chi connectivity index (χ1n) is 48.1. The summed E-state index contributed by atoms with van der Waals surface area (Å²) in [5.74, 6) is -17.8. The number of amides is 9. The first-order chi connectivity index (χ1) is 70.4. The fraction of sp³-hybridized carbons (Fsp3) is 0.480. The Bertz CT molecular complexity index is 5880. The van der Waals surface area contributed by atoms with E-state index in [-0.39, 0.29) is 64.0 Å². The van der Waals surface area contributed by atoms with E-state index in [1.54, 1.807) is 0 Å². The standard InChI is InChI=1S/C98H123Cl2N15O32/c1-43(2)8-6-4-5-7-9-70(124)110-78-84(129)81(126)68(41-117)144-97(78)147-88-65-35-50-36-66(88)141-62-17-13-48(33-57(62)100)87(146-96-77(108-44(3)119)83(128)80(125)67(40-116)143-96)79-95(138)114-76(91(134)107-27-26-106-25-24-105-23-22-104-21-20-103-19-18-101)55-38-52(121)39-64(142-98-86(131)85(130)82(127)69(42-118)145-98)71(55)54-32-47(12-14-59(54)122)73(92(135)115-79)112-94(137)75(50)113-93(136)74-49-30-51(120)37-53(31-49)139-63-34-46(11-15-60(63)123)72(102)90(133)109-58(89(132)111-74)29-45-10-16-61(140-65)56(99)28-45/h10-17,28,30-39,43,58,67-69,72-87,96-98,103-106,116-118,120-123,125-131H,4-9,18-27,29,40-42,101-102H2,1-3H3,(H,107,134)(H,108,119)(H,109,133)(H,110,124)(H,111,132)(H,112,137)(H,113,136)(H,114,138)(H,115,135)/t58-,67+,68+,69-,72-,73-,74+,75-,76+,77+,78+,79+,80-,81-,82-,83-,84-,85-,86+,87-,96+,97+,98+/m1/s1. The summed E-state index contributed by atoms with van der Waals surface area (Å²) >= 11 is 14.9. The third-order valence-corrected chi connectivity index (χ3v) is 26.3. The lowest BCUT2D eigenvalue weighted by Gasteiger charge is -2.44. The number of hydrogen-bond donors (Lipinski definition) is 29. The number of nitrogens with one attached hydrogen (secondary N) is 13. The van der Waals surface area contributed by atoms with E-state index >= 15 is 28.8 Å². The van der Waals surface area contributed by atoms with Gasteiger partial charge in [0.15, 0.2) is 29.3 Å². The van der Waals surface area contributed by atoms with E-state index in [1.165, 1.54) is 30.3 Å². The average molecular weight is 2090 g/mol. The molecule has 0 radical (unpaired) electrons. The third kappa shape index (κ3) is 26.7. The molecule has 0 aromatic heterocycles. The van der Waals surface area contributed by atoms with Gasteiger partial charge in [0, 0.05) is 108 Å². The number of nitrogens with two attached hydrogens (primary N) is 2. The SMILES string of the molecule is CC(=O)N[C@@H]1[C@H](O[C@@H]2c3ccc(c(Cl)c3)Oc3cc4cc(c3O[C@@H]3O[C@@H](CO)[C@@H](O)[C@H](O)[C@@H]3NC(=O)CCCCCCC(C)C)Oc3ccc(cc3Cl)C[C@H]3NC(=O)[C@H](N)c5ccc(O)c(c5)Oc5cc(O)cc(c5)[C@H](NC3=O)C(=O)N[C@H]4C(=O)N[C@H]3C(=O)N[C@@H]2C(=O)N[C@H](C(=O)NCCNCCNCCNCCNCCN)c2cc(O)cc(O[C@H]4O[C@H](CO)[C@@H](O)[C@@H](O)[C@@H]4O)c2-c2cc3ccc2O)O[C@@H](CO)[C@@H](O)[C@@H]1O. The number of aliphatic hydroxyl groups is 10. The summed E-state index contributed by atoms with van der Waals surface area (Å²) in [4.78, 5) is 142. The molecule has 9 heterocycles. The van der Waals surface area contributed by atoms with Crippen LogP contribution >= 0.6 is 23.2 Å². The molecule has 17 bridgehead atoms. The van der Waals surface area contributed by atoms with Gasteiger partial charge in [-0.1, -0.05) is 87.0 Å². The van der Waals surface area contributed by atoms with Crippen LogP contribution in [0.25, 0.3) is 11.1 Å². The number of phenols is 4. The number of halogens is 2. The molecule has 0 unspecified atom stereocenters. The van der Waals surface area contributed by atoms with Crippen molar-refractivity contribution < 1.29 is 157 Å².